The van der Waals surface area contributed by atoms with Crippen molar-refractivity contribution in [3.63, 3.8) is 0 Å². The molecule has 0 saturated carbocycles. The highest BCUT2D eigenvalue weighted by Crippen LogP contribution is 2.17. The van der Waals surface area contributed by atoms with E-state index in [4.69, 9.17) is 10.5 Å². The van der Waals surface area contributed by atoms with Gasteiger partial charge in [-0.3, -0.25) is 4.68 Å². The molecule has 1 heterocycles. The molecule has 0 bridgehead atoms. The second-order valence-corrected chi connectivity index (χ2v) is 3.83. The van der Waals surface area contributed by atoms with Gasteiger partial charge in [-0.05, 0) is 6.42 Å². The summed E-state index contributed by atoms with van der Waals surface area (Å²) in [7, 11) is 1.84. The third-order valence-electron chi connectivity index (χ3n) is 2.31. The standard InChI is InChI=1S/C11H21N3O/c1-3-4-5-6-7-8-15-11-10(12)9-14(2)13-11/h9H,3-8,12H2,1-2H3. The third kappa shape index (κ3) is 4.23. The van der Waals surface area contributed by atoms with Gasteiger partial charge in [0.2, 0.25) is 0 Å². The molecule has 0 aliphatic heterocycles. The Hall–Kier alpha value is -1.19. The molecule has 4 nitrogen and oxygen atoms in total. The summed E-state index contributed by atoms with van der Waals surface area (Å²) in [4.78, 5) is 0. The second kappa shape index (κ2) is 6.32. The summed E-state index contributed by atoms with van der Waals surface area (Å²) < 4.78 is 7.15. The molecule has 0 spiro atoms. The van der Waals surface area contributed by atoms with Crippen molar-refractivity contribution >= 4 is 5.69 Å². The Kier molecular flexibility index (Phi) is 5.01. The quantitative estimate of drug-likeness (QED) is 0.704. The highest BCUT2D eigenvalue weighted by Gasteiger charge is 2.03. The maximum Gasteiger partial charge on any atom is 0.256 e. The maximum absolute atomic E-state index is 5.70. The lowest BCUT2D eigenvalue weighted by molar-refractivity contribution is 0.292. The van der Waals surface area contributed by atoms with Gasteiger partial charge in [0.25, 0.3) is 5.88 Å². The number of nitrogen functional groups attached to an aromatic ring is 1. The number of nitrogens with zero attached hydrogens (tertiary/aromatic N) is 2. The van der Waals surface area contributed by atoms with Crippen molar-refractivity contribution in [3.8, 4) is 5.88 Å². The van der Waals surface area contributed by atoms with Crippen LogP contribution in [-0.4, -0.2) is 16.4 Å². The fraction of sp³-hybridized carbons (Fsp3) is 0.727. The van der Waals surface area contributed by atoms with Crippen LogP contribution in [0.3, 0.4) is 0 Å². The largest absolute Gasteiger partial charge is 0.475 e. The summed E-state index contributed by atoms with van der Waals surface area (Å²) in [5, 5.41) is 4.11. The third-order valence-corrected chi connectivity index (χ3v) is 2.31. The number of aryl methyl sites for hydroxylation is 1. The van der Waals surface area contributed by atoms with E-state index in [0.717, 1.165) is 6.42 Å². The molecule has 1 aromatic rings. The van der Waals surface area contributed by atoms with Crippen LogP contribution in [0.2, 0.25) is 0 Å². The molecule has 1 rings (SSSR count). The van der Waals surface area contributed by atoms with Crippen molar-refractivity contribution < 1.29 is 4.74 Å². The Labute approximate surface area is 91.4 Å². The van der Waals surface area contributed by atoms with Gasteiger partial charge in [-0.15, -0.1) is 5.10 Å². The van der Waals surface area contributed by atoms with Gasteiger partial charge in [0, 0.05) is 7.05 Å². The lowest BCUT2D eigenvalue weighted by Gasteiger charge is -2.03. The van der Waals surface area contributed by atoms with Crippen LogP contribution < -0.4 is 10.5 Å². The fourth-order valence-corrected chi connectivity index (χ4v) is 1.47. The average molecular weight is 211 g/mol. The van der Waals surface area contributed by atoms with E-state index in [1.807, 2.05) is 7.05 Å². The molecule has 0 radical (unpaired) electrons. The van der Waals surface area contributed by atoms with Gasteiger partial charge >= 0.3 is 0 Å². The van der Waals surface area contributed by atoms with E-state index >= 15 is 0 Å². The molecule has 0 amide bonds. The lowest BCUT2D eigenvalue weighted by Crippen LogP contribution is -2.00. The van der Waals surface area contributed by atoms with Crippen molar-refractivity contribution in [1.82, 2.24) is 9.78 Å². The SMILES string of the molecule is CCCCCCCOc1nn(C)cc1N. The van der Waals surface area contributed by atoms with Crippen molar-refractivity contribution in [2.24, 2.45) is 7.05 Å². The van der Waals surface area contributed by atoms with E-state index < -0.39 is 0 Å². The van der Waals surface area contributed by atoms with E-state index in [0.29, 0.717) is 18.2 Å². The van der Waals surface area contributed by atoms with E-state index in [1.54, 1.807) is 10.9 Å². The fourth-order valence-electron chi connectivity index (χ4n) is 1.47. The minimum atomic E-state index is 0.563. The Bertz CT molecular complexity index is 283. The second-order valence-electron chi connectivity index (χ2n) is 3.83. The van der Waals surface area contributed by atoms with Gasteiger partial charge < -0.3 is 10.5 Å². The number of unbranched alkanes of at least 4 members (excludes halogenated alkanes) is 4. The van der Waals surface area contributed by atoms with Gasteiger partial charge in [-0.25, -0.2) is 0 Å². The Morgan fingerprint density at radius 1 is 1.33 bits per heavy atom. The van der Waals surface area contributed by atoms with Crippen molar-refractivity contribution in [3.05, 3.63) is 6.20 Å². The number of ether oxygens (including phenoxy) is 1. The minimum absolute atomic E-state index is 0.563. The van der Waals surface area contributed by atoms with Crippen LogP contribution in [0.5, 0.6) is 5.88 Å². The first kappa shape index (κ1) is 11.9. The predicted octanol–water partition coefficient (Wildman–Crippen LogP) is 2.35. The molecule has 0 unspecified atom stereocenters. The summed E-state index contributed by atoms with van der Waals surface area (Å²) in [6, 6.07) is 0. The molecule has 2 N–H and O–H groups in total. The first-order valence-corrected chi connectivity index (χ1v) is 5.66. The van der Waals surface area contributed by atoms with Crippen LogP contribution in [0.1, 0.15) is 39.0 Å². The number of rotatable bonds is 7. The highest BCUT2D eigenvalue weighted by atomic mass is 16.5. The van der Waals surface area contributed by atoms with Gasteiger partial charge in [-0.1, -0.05) is 32.6 Å². The smallest absolute Gasteiger partial charge is 0.256 e. The van der Waals surface area contributed by atoms with Crippen LogP contribution in [-0.2, 0) is 7.05 Å². The van der Waals surface area contributed by atoms with Crippen molar-refractivity contribution in [2.75, 3.05) is 12.3 Å². The Morgan fingerprint density at radius 2 is 2.07 bits per heavy atom. The monoisotopic (exact) mass is 211 g/mol. The number of anilines is 1. The summed E-state index contributed by atoms with van der Waals surface area (Å²) in [5.74, 6) is 0.563. The molecule has 0 aliphatic carbocycles. The topological polar surface area (TPSA) is 53.1 Å². The molecular weight excluding hydrogens is 190 g/mol. The first-order valence-electron chi connectivity index (χ1n) is 5.66. The molecule has 0 saturated heterocycles. The zero-order chi connectivity index (χ0) is 11.1. The zero-order valence-electron chi connectivity index (χ0n) is 9.70. The molecule has 0 aromatic carbocycles. The molecule has 4 heteroatoms. The number of hydrogen-bond acceptors (Lipinski definition) is 3. The van der Waals surface area contributed by atoms with Crippen LogP contribution in [0, 0.1) is 0 Å². The summed E-state index contributed by atoms with van der Waals surface area (Å²) >= 11 is 0. The molecule has 0 aliphatic rings. The predicted molar refractivity (Wildman–Crippen MR) is 61.9 cm³/mol. The Morgan fingerprint density at radius 3 is 2.67 bits per heavy atom. The summed E-state index contributed by atoms with van der Waals surface area (Å²) in [6.07, 6.45) is 7.93. The number of nitrogens with two attached hydrogens (primary N) is 1. The summed E-state index contributed by atoms with van der Waals surface area (Å²) in [6.45, 7) is 2.93. The molecule has 1 aromatic heterocycles. The zero-order valence-corrected chi connectivity index (χ0v) is 9.70. The molecule has 15 heavy (non-hydrogen) atoms. The Balaban J connectivity index is 2.12. The van der Waals surface area contributed by atoms with E-state index in [-0.39, 0.29) is 0 Å². The first-order chi connectivity index (χ1) is 7.24. The van der Waals surface area contributed by atoms with E-state index in [9.17, 15) is 0 Å². The van der Waals surface area contributed by atoms with Crippen molar-refractivity contribution in [2.45, 2.75) is 39.0 Å². The van der Waals surface area contributed by atoms with E-state index in [2.05, 4.69) is 12.0 Å². The van der Waals surface area contributed by atoms with Crippen molar-refractivity contribution in [1.29, 1.82) is 0 Å². The van der Waals surface area contributed by atoms with Gasteiger partial charge in [0.05, 0.1) is 12.8 Å². The molecular formula is C11H21N3O. The number of aromatic nitrogens is 2. The van der Waals surface area contributed by atoms with Crippen LogP contribution in [0.15, 0.2) is 6.20 Å². The van der Waals surface area contributed by atoms with Gasteiger partial charge in [0.1, 0.15) is 5.69 Å². The summed E-state index contributed by atoms with van der Waals surface area (Å²) in [5.41, 5.74) is 6.31. The lowest BCUT2D eigenvalue weighted by atomic mass is 10.2. The van der Waals surface area contributed by atoms with Gasteiger partial charge in [-0.2, -0.15) is 0 Å². The average Bonchev–Trinajstić information content (AvgIpc) is 2.51. The highest BCUT2D eigenvalue weighted by molar-refractivity contribution is 5.45. The molecule has 86 valence electrons. The normalized spacial score (nSPS) is 10.5. The van der Waals surface area contributed by atoms with Crippen LogP contribution >= 0.6 is 0 Å². The maximum atomic E-state index is 5.70. The van der Waals surface area contributed by atoms with E-state index in [1.165, 1.54) is 25.7 Å². The minimum Gasteiger partial charge on any atom is -0.475 e. The van der Waals surface area contributed by atoms with Crippen LogP contribution in [0.25, 0.3) is 0 Å². The molecule has 0 atom stereocenters. The van der Waals surface area contributed by atoms with Gasteiger partial charge in [0.15, 0.2) is 0 Å². The molecule has 0 fully saturated rings. The number of hydrogen-bond donors (Lipinski definition) is 1. The van der Waals surface area contributed by atoms with Crippen LogP contribution in [0.4, 0.5) is 5.69 Å².